The highest BCUT2D eigenvalue weighted by atomic mass is 16.3. The average Bonchev–Trinajstić information content (AvgIpc) is 1.38. The maximum atomic E-state index is 12.9. The molecule has 5 aromatic heterocycles. The average molecular weight is 1150 g/mol. The fourth-order valence-corrected chi connectivity index (χ4v) is 14.3. The minimum Gasteiger partial charge on any atom is -0.456 e. The summed E-state index contributed by atoms with van der Waals surface area (Å²) >= 11 is 0. The molecule has 18 rings (SSSR count). The molecule has 0 saturated carbocycles. The van der Waals surface area contributed by atoms with E-state index in [2.05, 4.69) is 281 Å². The normalized spacial score (nSPS) is 11.8. The summed E-state index contributed by atoms with van der Waals surface area (Å²) in [5.41, 5.74) is 22.9. The van der Waals surface area contributed by atoms with Gasteiger partial charge >= 0.3 is 0 Å². The number of hydrogen-bond acceptors (Lipinski definition) is 4. The van der Waals surface area contributed by atoms with Crippen molar-refractivity contribution in [1.29, 1.82) is 5.26 Å². The van der Waals surface area contributed by atoms with Crippen molar-refractivity contribution in [3.8, 4) is 95.3 Å². The second kappa shape index (κ2) is 20.4. The van der Waals surface area contributed by atoms with Crippen molar-refractivity contribution in [2.75, 3.05) is 0 Å². The van der Waals surface area contributed by atoms with Crippen molar-refractivity contribution in [3.05, 3.63) is 309 Å². The van der Waals surface area contributed by atoms with Crippen LogP contribution in [-0.4, -0.2) is 14.1 Å². The van der Waals surface area contributed by atoms with Crippen LogP contribution in [0.1, 0.15) is 5.56 Å². The third kappa shape index (κ3) is 7.87. The molecule has 13 aromatic carbocycles. The third-order valence-electron chi connectivity index (χ3n) is 18.3. The summed E-state index contributed by atoms with van der Waals surface area (Å²) in [6.45, 7) is 0. The van der Waals surface area contributed by atoms with Gasteiger partial charge in [-0.1, -0.05) is 206 Å². The van der Waals surface area contributed by atoms with E-state index < -0.39 is 0 Å². The topological polar surface area (TPSA) is 72.8 Å². The summed E-state index contributed by atoms with van der Waals surface area (Å²) in [4.78, 5) is 4.65. The van der Waals surface area contributed by atoms with Gasteiger partial charge in [0, 0.05) is 72.2 Å². The zero-order valence-electron chi connectivity index (χ0n) is 48.5. The molecule has 0 atom stereocenters. The molecule has 0 aliphatic heterocycles. The third-order valence-corrected chi connectivity index (χ3v) is 18.3. The summed E-state index contributed by atoms with van der Waals surface area (Å²) in [6.07, 6.45) is 3.67. The Morgan fingerprint density at radius 3 is 1.01 bits per heavy atom. The lowest BCUT2D eigenvalue weighted by Crippen LogP contribution is -2.11. The lowest BCUT2D eigenvalue weighted by Gasteiger charge is -2.28. The Bertz CT molecular complexity index is 5760. The van der Waals surface area contributed by atoms with Gasteiger partial charge in [-0.3, -0.25) is 4.98 Å². The number of aromatic nitrogens is 3. The van der Waals surface area contributed by atoms with Crippen LogP contribution in [0.25, 0.3) is 177 Å². The number of nitrogens with zero attached hydrogens (tertiary/aromatic N) is 4. The number of pyridine rings is 1. The molecule has 0 N–H and O–H groups in total. The van der Waals surface area contributed by atoms with Gasteiger partial charge in [-0.25, -0.2) is 0 Å². The minimum atomic E-state index is 0.493. The highest BCUT2D eigenvalue weighted by Crippen LogP contribution is 2.56. The number of rotatable bonds is 9. The monoisotopic (exact) mass is 1150 g/mol. The van der Waals surface area contributed by atoms with E-state index in [1.54, 1.807) is 0 Å². The van der Waals surface area contributed by atoms with Crippen LogP contribution >= 0.6 is 0 Å². The number of benzene rings is 13. The van der Waals surface area contributed by atoms with Crippen LogP contribution < -0.4 is 0 Å². The molecule has 0 fully saturated rings. The van der Waals surface area contributed by atoms with Crippen molar-refractivity contribution in [2.45, 2.75) is 0 Å². The molecule has 0 aliphatic rings. The van der Waals surface area contributed by atoms with Crippen LogP contribution in [-0.2, 0) is 0 Å². The molecule has 90 heavy (non-hydrogen) atoms. The summed E-state index contributed by atoms with van der Waals surface area (Å²) in [5.74, 6) is 0. The maximum absolute atomic E-state index is 12.9. The lowest BCUT2D eigenvalue weighted by molar-refractivity contribution is 0.668. The van der Waals surface area contributed by atoms with Crippen molar-refractivity contribution in [2.24, 2.45) is 0 Å². The van der Waals surface area contributed by atoms with Crippen molar-refractivity contribution in [3.63, 3.8) is 0 Å². The van der Waals surface area contributed by atoms with Gasteiger partial charge in [0.25, 0.3) is 0 Å². The van der Waals surface area contributed by atoms with Gasteiger partial charge in [0.05, 0.1) is 39.0 Å². The highest BCUT2D eigenvalue weighted by molar-refractivity contribution is 6.22. The standard InChI is InChI=1S/C84H50N4O2/c85-51-69-78(56-43-45-86-46-44-56)82(64-30-18-34-77-80(64)62-28-14-16-32-75(62)90-77)84(88-72-41-37-59(54-23-9-3-10-24-54)49-67(72)68-50-60(38-42-73(68)88)55-25-11-4-12-26-55)83(81(69)63-29-17-33-76-79(63)61-27-13-15-31-74(61)89-76)87-70-39-35-57(52-19-5-1-6-20-52)47-65(70)66-48-58(36-40-71(66)87)53-21-7-2-8-22-53/h1-50H. The molecule has 18 aromatic rings. The quantitative estimate of drug-likeness (QED) is 0.144. The van der Waals surface area contributed by atoms with Crippen LogP contribution in [0.4, 0.5) is 0 Å². The molecular formula is C84H50N4O2. The zero-order chi connectivity index (χ0) is 59.4. The second-order valence-electron chi connectivity index (χ2n) is 23.2. The smallest absolute Gasteiger partial charge is 0.136 e. The zero-order valence-corrected chi connectivity index (χ0v) is 48.5. The fourth-order valence-electron chi connectivity index (χ4n) is 14.3. The number of para-hydroxylation sites is 2. The molecule has 0 radical (unpaired) electrons. The van der Waals surface area contributed by atoms with Gasteiger partial charge in [-0.2, -0.15) is 5.26 Å². The first-order valence-corrected chi connectivity index (χ1v) is 30.4. The summed E-state index contributed by atoms with van der Waals surface area (Å²) in [6, 6.07) is 107. The molecule has 0 amide bonds. The van der Waals surface area contributed by atoms with Crippen LogP contribution in [0, 0.1) is 11.3 Å². The summed E-state index contributed by atoms with van der Waals surface area (Å²) in [7, 11) is 0. The molecule has 418 valence electrons. The van der Waals surface area contributed by atoms with E-state index in [9.17, 15) is 5.26 Å². The van der Waals surface area contributed by atoms with Gasteiger partial charge < -0.3 is 18.0 Å². The highest BCUT2D eigenvalue weighted by Gasteiger charge is 2.35. The van der Waals surface area contributed by atoms with E-state index in [-0.39, 0.29) is 0 Å². The Balaban J connectivity index is 1.13. The Kier molecular flexibility index (Phi) is 11.6. The van der Waals surface area contributed by atoms with E-state index in [1.165, 1.54) is 0 Å². The predicted octanol–water partition coefficient (Wildman–Crippen LogP) is 22.6. The minimum absolute atomic E-state index is 0.493. The van der Waals surface area contributed by atoms with Crippen LogP contribution in [0.3, 0.4) is 0 Å². The van der Waals surface area contributed by atoms with Crippen LogP contribution in [0.15, 0.2) is 312 Å². The molecule has 0 spiro atoms. The first-order valence-electron chi connectivity index (χ1n) is 30.4. The number of nitriles is 1. The van der Waals surface area contributed by atoms with E-state index >= 15 is 0 Å². The molecular weight excluding hydrogens is 1100 g/mol. The van der Waals surface area contributed by atoms with Gasteiger partial charge in [0.15, 0.2) is 0 Å². The van der Waals surface area contributed by atoms with Crippen molar-refractivity contribution in [1.82, 2.24) is 14.1 Å². The SMILES string of the molecule is N#Cc1c(-c2ccncc2)c(-c2cccc3oc4ccccc4c23)c(-n2c3ccc(-c4ccccc4)cc3c3cc(-c4ccccc4)ccc32)c(-n2c3ccc(-c4ccccc4)cc3c3cc(-c4ccccc4)ccc32)c1-c1cccc2oc3ccccc3c12. The maximum Gasteiger partial charge on any atom is 0.136 e. The van der Waals surface area contributed by atoms with Crippen molar-refractivity contribution < 1.29 is 8.83 Å². The number of furan rings is 2. The molecule has 0 unspecified atom stereocenters. The molecule has 6 nitrogen and oxygen atoms in total. The number of hydrogen-bond donors (Lipinski definition) is 0. The molecule has 6 heteroatoms. The van der Waals surface area contributed by atoms with Gasteiger partial charge in [0.1, 0.15) is 28.4 Å². The largest absolute Gasteiger partial charge is 0.456 e. The van der Waals surface area contributed by atoms with Gasteiger partial charge in [-0.05, 0) is 146 Å². The van der Waals surface area contributed by atoms with Crippen molar-refractivity contribution >= 4 is 87.5 Å². The Hall–Kier alpha value is -12.3. The molecule has 0 bridgehead atoms. The second-order valence-corrected chi connectivity index (χ2v) is 23.2. The Morgan fingerprint density at radius 2 is 0.622 bits per heavy atom. The lowest BCUT2D eigenvalue weighted by atomic mass is 9.81. The molecule has 5 heterocycles. The van der Waals surface area contributed by atoms with Crippen LogP contribution in [0.2, 0.25) is 0 Å². The molecule has 0 saturated heterocycles. The van der Waals surface area contributed by atoms with Crippen LogP contribution in [0.5, 0.6) is 0 Å². The fraction of sp³-hybridized carbons (Fsp3) is 0. The molecule has 0 aliphatic carbocycles. The number of fused-ring (bicyclic) bond motifs is 12. The van der Waals surface area contributed by atoms with E-state index in [0.717, 1.165) is 177 Å². The van der Waals surface area contributed by atoms with E-state index in [4.69, 9.17) is 8.83 Å². The summed E-state index contributed by atoms with van der Waals surface area (Å²) in [5, 5.41) is 20.9. The predicted molar refractivity (Wildman–Crippen MR) is 370 cm³/mol. The van der Waals surface area contributed by atoms with E-state index in [1.807, 2.05) is 42.7 Å². The Morgan fingerprint density at radius 1 is 0.278 bits per heavy atom. The first-order chi connectivity index (χ1) is 44.6. The Labute approximate surface area is 517 Å². The van der Waals surface area contributed by atoms with Gasteiger partial charge in [-0.15, -0.1) is 0 Å². The summed E-state index contributed by atoms with van der Waals surface area (Å²) < 4.78 is 18.7. The first kappa shape index (κ1) is 51.0. The van der Waals surface area contributed by atoms with Gasteiger partial charge in [0.2, 0.25) is 0 Å². The van der Waals surface area contributed by atoms with E-state index in [0.29, 0.717) is 5.56 Å².